The van der Waals surface area contributed by atoms with Crippen molar-refractivity contribution in [2.75, 3.05) is 26.2 Å². The number of carbonyl (C=O) groups is 3. The quantitative estimate of drug-likeness (QED) is 0.771. The van der Waals surface area contributed by atoms with Gasteiger partial charge in [0, 0.05) is 32.6 Å². The van der Waals surface area contributed by atoms with Gasteiger partial charge in [0.2, 0.25) is 21.8 Å². The lowest BCUT2D eigenvalue weighted by Crippen LogP contribution is -2.51. The van der Waals surface area contributed by atoms with Gasteiger partial charge in [-0.3, -0.25) is 19.7 Å². The van der Waals surface area contributed by atoms with Gasteiger partial charge in [0.1, 0.15) is 5.25 Å². The molecule has 0 saturated carbocycles. The third kappa shape index (κ3) is 4.43. The highest BCUT2D eigenvalue weighted by Crippen LogP contribution is 2.23. The second-order valence-corrected chi connectivity index (χ2v) is 9.25. The van der Waals surface area contributed by atoms with Gasteiger partial charge in [-0.15, -0.1) is 0 Å². The maximum atomic E-state index is 12.5. The van der Waals surface area contributed by atoms with Crippen LogP contribution in [0, 0.1) is 0 Å². The third-order valence-corrected chi connectivity index (χ3v) is 7.14. The lowest BCUT2D eigenvalue weighted by atomic mass is 10.2. The summed E-state index contributed by atoms with van der Waals surface area (Å²) < 4.78 is 26.4. The monoisotopic (exact) mass is 397 g/mol. The van der Waals surface area contributed by atoms with E-state index in [4.69, 9.17) is 0 Å². The van der Waals surface area contributed by atoms with Gasteiger partial charge in [0.05, 0.1) is 5.75 Å². The summed E-state index contributed by atoms with van der Waals surface area (Å²) >= 11 is 0.819. The fourth-order valence-corrected chi connectivity index (χ4v) is 5.23. The van der Waals surface area contributed by atoms with Crippen LogP contribution in [-0.4, -0.2) is 66.1 Å². The Morgan fingerprint density at radius 3 is 2.35 bits per heavy atom. The zero-order valence-electron chi connectivity index (χ0n) is 14.0. The SMILES string of the molecule is O=C1NC(=O)[C@@H](CC(=O)N2CCN(S(=O)(=O)Cc3ccccc3)CC2)S1. The van der Waals surface area contributed by atoms with Gasteiger partial charge in [-0.25, -0.2) is 8.42 Å². The van der Waals surface area contributed by atoms with E-state index in [0.717, 1.165) is 17.3 Å². The third-order valence-electron chi connectivity index (χ3n) is 4.30. The Morgan fingerprint density at radius 2 is 1.77 bits per heavy atom. The first-order valence-corrected chi connectivity index (χ1v) is 10.6. The smallest absolute Gasteiger partial charge is 0.286 e. The average molecular weight is 397 g/mol. The Hall–Kier alpha value is -1.91. The molecule has 0 aromatic heterocycles. The molecule has 3 amide bonds. The van der Waals surface area contributed by atoms with E-state index < -0.39 is 26.4 Å². The largest absolute Gasteiger partial charge is 0.340 e. The molecule has 0 bridgehead atoms. The predicted molar refractivity (Wildman–Crippen MR) is 96.8 cm³/mol. The Kier molecular flexibility index (Phi) is 5.64. The number of benzene rings is 1. The van der Waals surface area contributed by atoms with Crippen molar-refractivity contribution < 1.29 is 22.8 Å². The molecule has 0 aliphatic carbocycles. The van der Waals surface area contributed by atoms with E-state index in [0.29, 0.717) is 0 Å². The second kappa shape index (κ2) is 7.77. The molecule has 2 aliphatic rings. The summed E-state index contributed by atoms with van der Waals surface area (Å²) in [7, 11) is -3.44. The van der Waals surface area contributed by atoms with E-state index in [9.17, 15) is 22.8 Å². The maximum absolute atomic E-state index is 12.5. The summed E-state index contributed by atoms with van der Waals surface area (Å²) in [5.41, 5.74) is 0.722. The highest BCUT2D eigenvalue weighted by molar-refractivity contribution is 8.15. The minimum atomic E-state index is -3.44. The van der Waals surface area contributed by atoms with E-state index in [2.05, 4.69) is 5.32 Å². The van der Waals surface area contributed by atoms with E-state index in [1.54, 1.807) is 29.2 Å². The number of carbonyl (C=O) groups excluding carboxylic acids is 3. The fraction of sp³-hybridized carbons (Fsp3) is 0.438. The molecule has 1 atom stereocenters. The molecule has 2 fully saturated rings. The lowest BCUT2D eigenvalue weighted by molar-refractivity contribution is -0.134. The molecule has 0 unspecified atom stereocenters. The van der Waals surface area contributed by atoms with Gasteiger partial charge in [0.25, 0.3) is 5.24 Å². The molecule has 2 saturated heterocycles. The molecule has 0 spiro atoms. The van der Waals surface area contributed by atoms with E-state index in [-0.39, 0.29) is 44.3 Å². The van der Waals surface area contributed by atoms with Crippen molar-refractivity contribution in [1.29, 1.82) is 0 Å². The van der Waals surface area contributed by atoms with E-state index in [1.165, 1.54) is 4.31 Å². The minimum Gasteiger partial charge on any atom is -0.340 e. The summed E-state index contributed by atoms with van der Waals surface area (Å²) in [6.45, 7) is 1.01. The van der Waals surface area contributed by atoms with Crippen molar-refractivity contribution in [2.24, 2.45) is 0 Å². The maximum Gasteiger partial charge on any atom is 0.286 e. The number of nitrogens with zero attached hydrogens (tertiary/aromatic N) is 2. The summed E-state index contributed by atoms with van der Waals surface area (Å²) in [6.07, 6.45) is -0.0565. The first-order valence-electron chi connectivity index (χ1n) is 8.16. The van der Waals surface area contributed by atoms with Gasteiger partial charge in [0.15, 0.2) is 0 Å². The molecule has 0 radical (unpaired) electrons. The van der Waals surface area contributed by atoms with Crippen LogP contribution < -0.4 is 5.32 Å². The number of thioether (sulfide) groups is 1. The van der Waals surface area contributed by atoms with Crippen molar-refractivity contribution in [3.8, 4) is 0 Å². The Bertz CT molecular complexity index is 804. The highest BCUT2D eigenvalue weighted by Gasteiger charge is 2.35. The summed E-state index contributed by atoms with van der Waals surface area (Å²) in [4.78, 5) is 36.6. The number of sulfonamides is 1. The van der Waals surface area contributed by atoms with Crippen LogP contribution in [0.15, 0.2) is 30.3 Å². The lowest BCUT2D eigenvalue weighted by Gasteiger charge is -2.34. The molecule has 1 aromatic rings. The van der Waals surface area contributed by atoms with Crippen LogP contribution in [0.2, 0.25) is 0 Å². The van der Waals surface area contributed by atoms with Crippen molar-refractivity contribution in [3.05, 3.63) is 35.9 Å². The molecule has 2 aliphatic heterocycles. The number of nitrogens with one attached hydrogen (secondary N) is 1. The zero-order valence-corrected chi connectivity index (χ0v) is 15.6. The summed E-state index contributed by atoms with van der Waals surface area (Å²) in [6, 6.07) is 8.95. The fourth-order valence-electron chi connectivity index (χ4n) is 2.91. The molecular formula is C16H19N3O5S2. The number of hydrogen-bond donors (Lipinski definition) is 1. The van der Waals surface area contributed by atoms with Gasteiger partial charge in [-0.05, 0) is 5.56 Å². The minimum absolute atomic E-state index is 0.0565. The molecule has 1 N–H and O–H groups in total. The van der Waals surface area contributed by atoms with E-state index in [1.807, 2.05) is 6.07 Å². The van der Waals surface area contributed by atoms with Gasteiger partial charge in [-0.2, -0.15) is 4.31 Å². The van der Waals surface area contributed by atoms with Crippen LogP contribution in [0.5, 0.6) is 0 Å². The van der Waals surface area contributed by atoms with Crippen molar-refractivity contribution >= 4 is 38.8 Å². The topological polar surface area (TPSA) is 104 Å². The number of imide groups is 1. The molecule has 1 aromatic carbocycles. The zero-order chi connectivity index (χ0) is 18.7. The molecule has 10 heteroatoms. The normalized spacial score (nSPS) is 21.7. The molecular weight excluding hydrogens is 378 g/mol. The van der Waals surface area contributed by atoms with Crippen LogP contribution in [0.25, 0.3) is 0 Å². The van der Waals surface area contributed by atoms with Crippen LogP contribution >= 0.6 is 11.8 Å². The van der Waals surface area contributed by atoms with Crippen LogP contribution in [-0.2, 0) is 25.4 Å². The predicted octanol–water partition coefficient (Wildman–Crippen LogP) is 0.402. The number of piperazine rings is 1. The Labute approximate surface area is 156 Å². The molecule has 3 rings (SSSR count). The van der Waals surface area contributed by atoms with Gasteiger partial charge < -0.3 is 4.90 Å². The van der Waals surface area contributed by atoms with Crippen LogP contribution in [0.1, 0.15) is 12.0 Å². The van der Waals surface area contributed by atoms with Crippen LogP contribution in [0.3, 0.4) is 0 Å². The second-order valence-electron chi connectivity index (χ2n) is 6.11. The van der Waals surface area contributed by atoms with Crippen molar-refractivity contribution in [1.82, 2.24) is 14.5 Å². The van der Waals surface area contributed by atoms with Crippen LogP contribution in [0.4, 0.5) is 4.79 Å². The summed E-state index contributed by atoms with van der Waals surface area (Å²) in [5, 5.41) is 1.01. The molecule has 140 valence electrons. The van der Waals surface area contributed by atoms with E-state index >= 15 is 0 Å². The number of rotatable bonds is 5. The molecule has 8 nitrogen and oxygen atoms in total. The van der Waals surface area contributed by atoms with Crippen molar-refractivity contribution in [3.63, 3.8) is 0 Å². The number of hydrogen-bond acceptors (Lipinski definition) is 6. The standard InChI is InChI=1S/C16H19N3O5S2/c20-14(10-13-15(21)17-16(22)25-13)18-6-8-19(9-7-18)26(23,24)11-12-4-2-1-3-5-12/h1-5,13H,6-11H2,(H,17,21,22)/t13-/m1/s1. The highest BCUT2D eigenvalue weighted by atomic mass is 32.2. The Balaban J connectivity index is 1.53. The Morgan fingerprint density at radius 1 is 1.12 bits per heavy atom. The summed E-state index contributed by atoms with van der Waals surface area (Å²) in [5.74, 6) is -0.757. The van der Waals surface area contributed by atoms with Gasteiger partial charge >= 0.3 is 0 Å². The molecule has 26 heavy (non-hydrogen) atoms. The first-order chi connectivity index (χ1) is 12.3. The molecule has 2 heterocycles. The van der Waals surface area contributed by atoms with Crippen molar-refractivity contribution in [2.45, 2.75) is 17.4 Å². The van der Waals surface area contributed by atoms with Gasteiger partial charge in [-0.1, -0.05) is 42.1 Å². The average Bonchev–Trinajstić information content (AvgIpc) is 2.92. The first kappa shape index (κ1) is 18.9. The number of amides is 3.